The van der Waals surface area contributed by atoms with Crippen LogP contribution in [0.4, 0.5) is 0 Å². The van der Waals surface area contributed by atoms with Crippen LogP contribution < -0.4 is 0 Å². The minimum Gasteiger partial charge on any atom is -0.280 e. The van der Waals surface area contributed by atoms with Crippen molar-refractivity contribution in [2.75, 3.05) is 0 Å². The molecule has 2 nitrogen and oxygen atoms in total. The fourth-order valence-electron chi connectivity index (χ4n) is 4.58. The Bertz CT molecular complexity index is 297. The quantitative estimate of drug-likeness (QED) is 0.624. The van der Waals surface area contributed by atoms with E-state index in [2.05, 4.69) is 17.9 Å². The highest BCUT2D eigenvalue weighted by molar-refractivity contribution is 5.16. The van der Waals surface area contributed by atoms with Crippen LogP contribution in [0.3, 0.4) is 0 Å². The van der Waals surface area contributed by atoms with E-state index < -0.39 is 0 Å². The van der Waals surface area contributed by atoms with E-state index in [9.17, 15) is 5.26 Å². The van der Waals surface area contributed by atoms with Gasteiger partial charge >= 0.3 is 0 Å². The average Bonchev–Trinajstić information content (AvgIpc) is 2.29. The van der Waals surface area contributed by atoms with Gasteiger partial charge in [-0.2, -0.15) is 5.26 Å². The smallest absolute Gasteiger partial charge is 0.109 e. The molecule has 0 unspecified atom stereocenters. The number of hydrogen-bond donors (Lipinski definition) is 0. The fraction of sp³-hybridized carbons (Fsp3) is 0.929. The molecule has 0 aromatic heterocycles. The maximum atomic E-state index is 9.61. The lowest BCUT2D eigenvalue weighted by atomic mass is 9.70. The molecule has 0 aromatic carbocycles. The Morgan fingerprint density at radius 2 is 1.69 bits per heavy atom. The third kappa shape index (κ3) is 1.41. The minimum atomic E-state index is -0.0635. The van der Waals surface area contributed by atoms with Crippen molar-refractivity contribution in [1.29, 1.82) is 5.26 Å². The highest BCUT2D eigenvalue weighted by Crippen LogP contribution is 2.47. The van der Waals surface area contributed by atoms with E-state index in [0.717, 1.165) is 30.8 Å². The second-order valence-corrected chi connectivity index (χ2v) is 6.22. The topological polar surface area (TPSA) is 27.0 Å². The molecule has 0 spiro atoms. The molecule has 3 aliphatic heterocycles. The van der Waals surface area contributed by atoms with E-state index in [1.807, 2.05) is 0 Å². The summed E-state index contributed by atoms with van der Waals surface area (Å²) in [6, 6.07) is 4.14. The first-order valence-electron chi connectivity index (χ1n) is 6.95. The van der Waals surface area contributed by atoms with E-state index >= 15 is 0 Å². The van der Waals surface area contributed by atoms with Gasteiger partial charge in [-0.1, -0.05) is 6.92 Å². The summed E-state index contributed by atoms with van der Waals surface area (Å²) in [6.45, 7) is 2.40. The van der Waals surface area contributed by atoms with Crippen LogP contribution in [0.25, 0.3) is 0 Å². The first-order chi connectivity index (χ1) is 7.75. The predicted molar refractivity (Wildman–Crippen MR) is 63.9 cm³/mol. The van der Waals surface area contributed by atoms with Gasteiger partial charge in [0.25, 0.3) is 0 Å². The van der Waals surface area contributed by atoms with Gasteiger partial charge in [0.15, 0.2) is 0 Å². The SMILES string of the molecule is CC1C[C@@H]2CCCC3(C#N)CCC[C@@H](C1)N23. The lowest BCUT2D eigenvalue weighted by molar-refractivity contribution is -0.0744. The Kier molecular flexibility index (Phi) is 2.47. The van der Waals surface area contributed by atoms with Gasteiger partial charge in [0.1, 0.15) is 5.54 Å². The van der Waals surface area contributed by atoms with Crippen LogP contribution in [0.5, 0.6) is 0 Å². The van der Waals surface area contributed by atoms with E-state index in [-0.39, 0.29) is 5.54 Å². The Balaban J connectivity index is 1.94. The largest absolute Gasteiger partial charge is 0.280 e. The maximum Gasteiger partial charge on any atom is 0.109 e. The second kappa shape index (κ2) is 3.74. The van der Waals surface area contributed by atoms with Crippen molar-refractivity contribution in [3.05, 3.63) is 0 Å². The van der Waals surface area contributed by atoms with E-state index in [1.54, 1.807) is 0 Å². The second-order valence-electron chi connectivity index (χ2n) is 6.22. The molecule has 3 fully saturated rings. The molecule has 0 amide bonds. The predicted octanol–water partition coefficient (Wildman–Crippen LogP) is 3.09. The van der Waals surface area contributed by atoms with Gasteiger partial charge in [-0.25, -0.2) is 0 Å². The van der Waals surface area contributed by atoms with Crippen molar-refractivity contribution in [1.82, 2.24) is 4.90 Å². The molecule has 0 aromatic rings. The molecule has 88 valence electrons. The summed E-state index contributed by atoms with van der Waals surface area (Å²) in [6.07, 6.45) is 10.1. The summed E-state index contributed by atoms with van der Waals surface area (Å²) in [5.41, 5.74) is -0.0635. The van der Waals surface area contributed by atoms with Gasteiger partial charge in [-0.3, -0.25) is 4.90 Å². The van der Waals surface area contributed by atoms with Gasteiger partial charge in [-0.15, -0.1) is 0 Å². The molecule has 0 bridgehead atoms. The third-order valence-electron chi connectivity index (χ3n) is 5.09. The normalized spacial score (nSPS) is 48.1. The summed E-state index contributed by atoms with van der Waals surface area (Å²) in [7, 11) is 0. The van der Waals surface area contributed by atoms with E-state index in [0.29, 0.717) is 0 Å². The lowest BCUT2D eigenvalue weighted by Gasteiger charge is -2.58. The maximum absolute atomic E-state index is 9.61. The van der Waals surface area contributed by atoms with Crippen LogP contribution in [0.1, 0.15) is 58.3 Å². The Hall–Kier alpha value is -0.550. The molecule has 2 heteroatoms. The highest BCUT2D eigenvalue weighted by atomic mass is 15.3. The van der Waals surface area contributed by atoms with Crippen LogP contribution in [-0.4, -0.2) is 22.5 Å². The molecule has 3 heterocycles. The van der Waals surface area contributed by atoms with Gasteiger partial charge in [0.2, 0.25) is 0 Å². The summed E-state index contributed by atoms with van der Waals surface area (Å²) >= 11 is 0. The van der Waals surface area contributed by atoms with E-state index in [1.165, 1.54) is 38.5 Å². The molecule has 3 aliphatic rings. The third-order valence-corrected chi connectivity index (χ3v) is 5.09. The number of piperidine rings is 3. The van der Waals surface area contributed by atoms with E-state index in [4.69, 9.17) is 0 Å². The zero-order valence-electron chi connectivity index (χ0n) is 10.3. The molecule has 0 radical (unpaired) electrons. The Morgan fingerprint density at radius 1 is 1.12 bits per heavy atom. The minimum absolute atomic E-state index is 0.0635. The number of nitriles is 1. The summed E-state index contributed by atoms with van der Waals surface area (Å²) in [5.74, 6) is 0.874. The van der Waals surface area contributed by atoms with Crippen LogP contribution in [0, 0.1) is 17.2 Å². The van der Waals surface area contributed by atoms with Crippen LogP contribution in [0.2, 0.25) is 0 Å². The van der Waals surface area contributed by atoms with Crippen molar-refractivity contribution in [3.8, 4) is 6.07 Å². The van der Waals surface area contributed by atoms with Gasteiger partial charge in [0.05, 0.1) is 6.07 Å². The molecule has 16 heavy (non-hydrogen) atoms. The summed E-state index contributed by atoms with van der Waals surface area (Å²) in [5, 5.41) is 9.61. The van der Waals surface area contributed by atoms with Crippen molar-refractivity contribution < 1.29 is 0 Å². The highest BCUT2D eigenvalue weighted by Gasteiger charge is 2.51. The van der Waals surface area contributed by atoms with Crippen molar-refractivity contribution >= 4 is 0 Å². The summed E-state index contributed by atoms with van der Waals surface area (Å²) < 4.78 is 0. The first-order valence-corrected chi connectivity index (χ1v) is 6.95. The molecule has 2 atom stereocenters. The zero-order valence-corrected chi connectivity index (χ0v) is 10.3. The standard InChI is InChI=1S/C14H22N2/c1-11-8-12-4-2-6-14(10-15)7-3-5-13(9-11)16(12)14/h11-13H,2-9H2,1H3/t11?,12-,13-,14?/m0/s1. The number of hydrogen-bond acceptors (Lipinski definition) is 2. The average molecular weight is 218 g/mol. The van der Waals surface area contributed by atoms with Crippen molar-refractivity contribution in [2.45, 2.75) is 75.9 Å². The Labute approximate surface area is 98.6 Å². The van der Waals surface area contributed by atoms with Crippen LogP contribution in [-0.2, 0) is 0 Å². The van der Waals surface area contributed by atoms with Gasteiger partial charge in [-0.05, 0) is 57.3 Å². The zero-order chi connectivity index (χ0) is 11.2. The molecule has 0 saturated carbocycles. The van der Waals surface area contributed by atoms with Crippen molar-refractivity contribution in [2.24, 2.45) is 5.92 Å². The molecule has 3 saturated heterocycles. The number of rotatable bonds is 0. The molecular weight excluding hydrogens is 196 g/mol. The molecular formula is C14H22N2. The van der Waals surface area contributed by atoms with Gasteiger partial charge < -0.3 is 0 Å². The van der Waals surface area contributed by atoms with Crippen LogP contribution >= 0.6 is 0 Å². The molecule has 0 aliphatic carbocycles. The summed E-state index contributed by atoms with van der Waals surface area (Å²) in [4.78, 5) is 2.65. The van der Waals surface area contributed by atoms with Crippen molar-refractivity contribution in [3.63, 3.8) is 0 Å². The molecule has 3 rings (SSSR count). The van der Waals surface area contributed by atoms with Gasteiger partial charge in [0, 0.05) is 12.1 Å². The Morgan fingerprint density at radius 3 is 2.19 bits per heavy atom. The van der Waals surface area contributed by atoms with Crippen LogP contribution in [0.15, 0.2) is 0 Å². The first kappa shape index (κ1) is 10.6. The monoisotopic (exact) mass is 218 g/mol. The number of nitrogens with zero attached hydrogens (tertiary/aromatic N) is 2. The fourth-order valence-corrected chi connectivity index (χ4v) is 4.58. The lowest BCUT2D eigenvalue weighted by Crippen LogP contribution is -2.64. The molecule has 0 N–H and O–H groups in total.